The molecule has 4 aliphatic carbocycles. The van der Waals surface area contributed by atoms with Crippen molar-refractivity contribution in [2.75, 3.05) is 0 Å². The summed E-state index contributed by atoms with van der Waals surface area (Å²) in [6, 6.07) is 0. The van der Waals surface area contributed by atoms with Gasteiger partial charge in [0.05, 0.1) is 12.2 Å². The fourth-order valence-corrected chi connectivity index (χ4v) is 7.67. The second-order valence-electron chi connectivity index (χ2n) is 9.68. The lowest BCUT2D eigenvalue weighted by Gasteiger charge is -2.62. The van der Waals surface area contributed by atoms with Gasteiger partial charge in [0.2, 0.25) is 0 Å². The van der Waals surface area contributed by atoms with Crippen LogP contribution in [0.25, 0.3) is 0 Å². The van der Waals surface area contributed by atoms with Crippen LogP contribution in [0.4, 0.5) is 0 Å². The van der Waals surface area contributed by atoms with Gasteiger partial charge in [-0.15, -0.1) is 0 Å². The summed E-state index contributed by atoms with van der Waals surface area (Å²) < 4.78 is 0. The average Bonchev–Trinajstić information content (AvgIpc) is 2.77. The molecular formula is C20H34O2. The molecule has 2 heteroatoms. The van der Waals surface area contributed by atoms with Gasteiger partial charge in [0.1, 0.15) is 0 Å². The second kappa shape index (κ2) is 4.96. The second-order valence-corrected chi connectivity index (χ2v) is 9.68. The van der Waals surface area contributed by atoms with E-state index in [-0.39, 0.29) is 17.6 Å². The molecule has 0 aromatic heterocycles. The standard InChI is InChI=1S/C20H34O2/c1-12-10-14(21)11-13-4-5-15-16-6-7-18(22)19(16,2)9-8-17(15)20(12,13)3/h12-18,21-22H,4-11H2,1-3H3/t12?,13?,14?,15-,16-,17+,18?,19-,20-/m0/s1. The van der Waals surface area contributed by atoms with Gasteiger partial charge in [-0.25, -0.2) is 0 Å². The molecule has 4 rings (SSSR count). The Morgan fingerprint density at radius 3 is 2.41 bits per heavy atom. The van der Waals surface area contributed by atoms with Crippen molar-refractivity contribution in [1.29, 1.82) is 0 Å². The molecule has 4 fully saturated rings. The molecular weight excluding hydrogens is 272 g/mol. The molecule has 0 spiro atoms. The third-order valence-electron chi connectivity index (χ3n) is 9.16. The SMILES string of the molecule is CC1CC(O)CC2CC[C@@H]3[C@@H](CC[C@]4(C)C(O)CC[C@@H]34)[C@@]12C. The molecule has 4 unspecified atom stereocenters. The summed E-state index contributed by atoms with van der Waals surface area (Å²) in [5.74, 6) is 3.78. The van der Waals surface area contributed by atoms with Gasteiger partial charge in [-0.2, -0.15) is 0 Å². The van der Waals surface area contributed by atoms with Crippen molar-refractivity contribution in [1.82, 2.24) is 0 Å². The molecule has 0 saturated heterocycles. The van der Waals surface area contributed by atoms with Crippen molar-refractivity contribution < 1.29 is 10.2 Å². The fraction of sp³-hybridized carbons (Fsp3) is 1.00. The van der Waals surface area contributed by atoms with Crippen LogP contribution in [0.15, 0.2) is 0 Å². The molecule has 2 nitrogen and oxygen atoms in total. The predicted molar refractivity (Wildman–Crippen MR) is 88.3 cm³/mol. The van der Waals surface area contributed by atoms with Crippen LogP contribution in [-0.4, -0.2) is 22.4 Å². The Balaban J connectivity index is 1.66. The summed E-state index contributed by atoms with van der Waals surface area (Å²) in [6.45, 7) is 7.32. The monoisotopic (exact) mass is 306 g/mol. The summed E-state index contributed by atoms with van der Waals surface area (Å²) >= 11 is 0. The minimum atomic E-state index is -0.0632. The van der Waals surface area contributed by atoms with Crippen LogP contribution >= 0.6 is 0 Å². The first-order valence-corrected chi connectivity index (χ1v) is 9.73. The van der Waals surface area contributed by atoms with E-state index in [4.69, 9.17) is 0 Å². The van der Waals surface area contributed by atoms with Gasteiger partial charge in [-0.1, -0.05) is 20.8 Å². The minimum Gasteiger partial charge on any atom is -0.393 e. The van der Waals surface area contributed by atoms with E-state index >= 15 is 0 Å². The zero-order valence-electron chi connectivity index (χ0n) is 14.6. The van der Waals surface area contributed by atoms with Crippen molar-refractivity contribution in [3.63, 3.8) is 0 Å². The van der Waals surface area contributed by atoms with Crippen LogP contribution in [0.3, 0.4) is 0 Å². The van der Waals surface area contributed by atoms with Crippen LogP contribution in [-0.2, 0) is 0 Å². The number of fused-ring (bicyclic) bond motifs is 5. The molecule has 126 valence electrons. The van der Waals surface area contributed by atoms with E-state index in [1.165, 1.54) is 32.1 Å². The van der Waals surface area contributed by atoms with Gasteiger partial charge in [0.15, 0.2) is 0 Å². The van der Waals surface area contributed by atoms with Crippen LogP contribution in [0.1, 0.15) is 72.1 Å². The number of hydrogen-bond acceptors (Lipinski definition) is 2. The average molecular weight is 306 g/mol. The third kappa shape index (κ3) is 1.86. The summed E-state index contributed by atoms with van der Waals surface area (Å²) in [5, 5.41) is 20.7. The highest BCUT2D eigenvalue weighted by Crippen LogP contribution is 2.67. The number of aliphatic hydroxyl groups excluding tert-OH is 2. The lowest BCUT2D eigenvalue weighted by molar-refractivity contribution is -0.156. The first-order valence-electron chi connectivity index (χ1n) is 9.73. The van der Waals surface area contributed by atoms with Crippen molar-refractivity contribution in [2.45, 2.75) is 84.3 Å². The van der Waals surface area contributed by atoms with Crippen molar-refractivity contribution in [2.24, 2.45) is 40.4 Å². The maximum absolute atomic E-state index is 10.5. The van der Waals surface area contributed by atoms with E-state index in [0.717, 1.165) is 42.9 Å². The first kappa shape index (κ1) is 15.4. The maximum Gasteiger partial charge on any atom is 0.0596 e. The van der Waals surface area contributed by atoms with Gasteiger partial charge in [0, 0.05) is 0 Å². The van der Waals surface area contributed by atoms with Gasteiger partial charge in [0.25, 0.3) is 0 Å². The van der Waals surface area contributed by atoms with Gasteiger partial charge < -0.3 is 10.2 Å². The molecule has 0 aromatic rings. The van der Waals surface area contributed by atoms with E-state index in [1.54, 1.807) is 0 Å². The van der Waals surface area contributed by atoms with Crippen molar-refractivity contribution in [3.8, 4) is 0 Å². The number of rotatable bonds is 0. The molecule has 0 radical (unpaired) electrons. The molecule has 4 saturated carbocycles. The quantitative estimate of drug-likeness (QED) is 0.710. The Kier molecular flexibility index (Phi) is 3.48. The molecule has 2 N–H and O–H groups in total. The zero-order chi connectivity index (χ0) is 15.7. The summed E-state index contributed by atoms with van der Waals surface area (Å²) in [5.41, 5.74) is 0.624. The van der Waals surface area contributed by atoms with E-state index in [9.17, 15) is 10.2 Å². The molecule has 0 amide bonds. The molecule has 4 aliphatic rings. The van der Waals surface area contributed by atoms with Crippen molar-refractivity contribution in [3.05, 3.63) is 0 Å². The third-order valence-corrected chi connectivity index (χ3v) is 9.16. The lowest BCUT2D eigenvalue weighted by Crippen LogP contribution is -2.57. The van der Waals surface area contributed by atoms with E-state index < -0.39 is 0 Å². The molecule has 9 atom stereocenters. The van der Waals surface area contributed by atoms with Gasteiger partial charge >= 0.3 is 0 Å². The first-order chi connectivity index (χ1) is 10.4. The summed E-state index contributed by atoms with van der Waals surface area (Å²) in [6.07, 6.45) is 9.37. The van der Waals surface area contributed by atoms with Gasteiger partial charge in [-0.3, -0.25) is 0 Å². The number of aliphatic hydroxyl groups is 2. The molecule has 0 heterocycles. The molecule has 0 bridgehead atoms. The van der Waals surface area contributed by atoms with E-state index in [2.05, 4.69) is 20.8 Å². The van der Waals surface area contributed by atoms with E-state index in [1.807, 2.05) is 0 Å². The topological polar surface area (TPSA) is 40.5 Å². The normalized spacial score (nSPS) is 61.2. The zero-order valence-corrected chi connectivity index (χ0v) is 14.6. The highest BCUT2D eigenvalue weighted by molar-refractivity contribution is 5.10. The highest BCUT2D eigenvalue weighted by Gasteiger charge is 2.61. The molecule has 22 heavy (non-hydrogen) atoms. The summed E-state index contributed by atoms with van der Waals surface area (Å²) in [4.78, 5) is 0. The van der Waals surface area contributed by atoms with Crippen LogP contribution < -0.4 is 0 Å². The lowest BCUT2D eigenvalue weighted by atomic mass is 9.43. The minimum absolute atomic E-state index is 0.0606. The smallest absolute Gasteiger partial charge is 0.0596 e. The Labute approximate surface area is 135 Å². The number of hydrogen-bond donors (Lipinski definition) is 2. The fourth-order valence-electron chi connectivity index (χ4n) is 7.67. The molecule has 0 aromatic carbocycles. The highest BCUT2D eigenvalue weighted by atomic mass is 16.3. The Morgan fingerprint density at radius 1 is 0.864 bits per heavy atom. The molecule has 0 aliphatic heterocycles. The van der Waals surface area contributed by atoms with E-state index in [0.29, 0.717) is 11.3 Å². The Bertz CT molecular complexity index is 449. The summed E-state index contributed by atoms with van der Waals surface area (Å²) in [7, 11) is 0. The Morgan fingerprint density at radius 2 is 1.64 bits per heavy atom. The van der Waals surface area contributed by atoms with Crippen LogP contribution in [0.2, 0.25) is 0 Å². The van der Waals surface area contributed by atoms with Gasteiger partial charge in [-0.05, 0) is 91.8 Å². The maximum atomic E-state index is 10.5. The Hall–Kier alpha value is -0.0800. The van der Waals surface area contributed by atoms with Crippen molar-refractivity contribution >= 4 is 0 Å². The van der Waals surface area contributed by atoms with Crippen LogP contribution in [0.5, 0.6) is 0 Å². The van der Waals surface area contributed by atoms with Crippen LogP contribution in [0, 0.1) is 40.4 Å². The largest absolute Gasteiger partial charge is 0.393 e. The predicted octanol–water partition coefficient (Wildman–Crippen LogP) is 4.00.